The number of hydrogen-bond acceptors (Lipinski definition) is 5. The van der Waals surface area contributed by atoms with Crippen LogP contribution in [0.15, 0.2) is 64.5 Å². The molecule has 0 aliphatic heterocycles. The molecule has 0 saturated carbocycles. The van der Waals surface area contributed by atoms with Crippen LogP contribution in [-0.4, -0.2) is 41.3 Å². The van der Waals surface area contributed by atoms with E-state index in [0.717, 1.165) is 0 Å². The van der Waals surface area contributed by atoms with Crippen molar-refractivity contribution < 1.29 is 13.2 Å². The van der Waals surface area contributed by atoms with Crippen molar-refractivity contribution in [2.45, 2.75) is 31.3 Å². The van der Waals surface area contributed by atoms with E-state index in [1.54, 1.807) is 38.1 Å². The molecule has 0 aliphatic carbocycles. The summed E-state index contributed by atoms with van der Waals surface area (Å²) in [4.78, 5) is 29.1. The number of nitrogens with zero attached hydrogens (tertiary/aromatic N) is 3. The second-order valence-electron chi connectivity index (χ2n) is 6.88. The Morgan fingerprint density at radius 1 is 1.14 bits per heavy atom. The van der Waals surface area contributed by atoms with Gasteiger partial charge in [0.15, 0.2) is 0 Å². The predicted molar refractivity (Wildman–Crippen MR) is 111 cm³/mol. The van der Waals surface area contributed by atoms with Gasteiger partial charge in [-0.05, 0) is 50.2 Å². The molecule has 0 aliphatic rings. The van der Waals surface area contributed by atoms with Crippen molar-refractivity contribution in [1.29, 1.82) is 0 Å². The van der Waals surface area contributed by atoms with Gasteiger partial charge in [-0.1, -0.05) is 12.1 Å². The van der Waals surface area contributed by atoms with Gasteiger partial charge >= 0.3 is 0 Å². The van der Waals surface area contributed by atoms with Crippen molar-refractivity contribution in [2.24, 2.45) is 0 Å². The zero-order valence-corrected chi connectivity index (χ0v) is 17.2. The first kappa shape index (κ1) is 20.7. The summed E-state index contributed by atoms with van der Waals surface area (Å²) in [6.45, 7) is 3.37. The van der Waals surface area contributed by atoms with E-state index in [1.165, 1.54) is 46.5 Å². The number of para-hydroxylation sites is 1. The largest absolute Gasteiger partial charge is 0.325 e. The molecule has 0 unspecified atom stereocenters. The van der Waals surface area contributed by atoms with Gasteiger partial charge in [0.25, 0.3) is 5.56 Å². The monoisotopic (exact) mass is 414 g/mol. The van der Waals surface area contributed by atoms with E-state index in [9.17, 15) is 18.0 Å². The molecule has 2 aromatic carbocycles. The third kappa shape index (κ3) is 4.36. The fraction of sp³-hybridized carbons (Fsp3) is 0.250. The summed E-state index contributed by atoms with van der Waals surface area (Å²) in [5.41, 5.74) is 0.698. The Bertz CT molecular complexity index is 1200. The number of hydrogen-bond donors (Lipinski definition) is 1. The Labute approximate surface area is 168 Å². The van der Waals surface area contributed by atoms with E-state index in [0.29, 0.717) is 16.6 Å². The van der Waals surface area contributed by atoms with Crippen LogP contribution in [-0.2, 0) is 21.4 Å². The minimum Gasteiger partial charge on any atom is -0.325 e. The lowest BCUT2D eigenvalue weighted by Gasteiger charge is -2.21. The quantitative estimate of drug-likeness (QED) is 0.665. The van der Waals surface area contributed by atoms with Gasteiger partial charge in [0, 0.05) is 18.8 Å². The molecular formula is C20H22N4O4S. The van der Waals surface area contributed by atoms with Crippen LogP contribution in [0.1, 0.15) is 13.8 Å². The smallest absolute Gasteiger partial charge is 0.261 e. The first-order chi connectivity index (χ1) is 13.7. The summed E-state index contributed by atoms with van der Waals surface area (Å²) in [5, 5.41) is 3.10. The van der Waals surface area contributed by atoms with Crippen LogP contribution in [0.3, 0.4) is 0 Å². The van der Waals surface area contributed by atoms with Gasteiger partial charge in [0.1, 0.15) is 6.54 Å². The molecule has 1 heterocycles. The molecule has 0 bridgehead atoms. The maximum Gasteiger partial charge on any atom is 0.261 e. The molecule has 1 amide bonds. The lowest BCUT2D eigenvalue weighted by Crippen LogP contribution is -2.33. The van der Waals surface area contributed by atoms with Crippen molar-refractivity contribution in [2.75, 3.05) is 12.4 Å². The molecule has 0 atom stereocenters. The van der Waals surface area contributed by atoms with Gasteiger partial charge in [0.05, 0.1) is 22.1 Å². The van der Waals surface area contributed by atoms with Crippen molar-refractivity contribution >= 4 is 32.5 Å². The number of fused-ring (bicyclic) bond motifs is 1. The number of nitrogens with one attached hydrogen (secondary N) is 1. The highest BCUT2D eigenvalue weighted by Crippen LogP contribution is 2.19. The summed E-state index contributed by atoms with van der Waals surface area (Å²) in [5.74, 6) is -0.418. The molecule has 0 spiro atoms. The fourth-order valence-electron chi connectivity index (χ4n) is 2.73. The van der Waals surface area contributed by atoms with Crippen LogP contribution in [0, 0.1) is 0 Å². The minimum absolute atomic E-state index is 0.140. The van der Waals surface area contributed by atoms with Crippen LogP contribution in [0.4, 0.5) is 5.69 Å². The molecule has 9 heteroatoms. The maximum absolute atomic E-state index is 12.5. The molecular weight excluding hydrogens is 392 g/mol. The highest BCUT2D eigenvalue weighted by atomic mass is 32.2. The Morgan fingerprint density at radius 3 is 2.45 bits per heavy atom. The maximum atomic E-state index is 12.5. The van der Waals surface area contributed by atoms with Gasteiger partial charge < -0.3 is 5.32 Å². The fourth-order valence-corrected chi connectivity index (χ4v) is 4.10. The van der Waals surface area contributed by atoms with Gasteiger partial charge in [-0.15, -0.1) is 0 Å². The van der Waals surface area contributed by atoms with Crippen molar-refractivity contribution in [1.82, 2.24) is 13.9 Å². The molecule has 8 nitrogen and oxygen atoms in total. The number of benzene rings is 2. The molecule has 0 fully saturated rings. The summed E-state index contributed by atoms with van der Waals surface area (Å²) >= 11 is 0. The average Bonchev–Trinajstić information content (AvgIpc) is 2.70. The number of carbonyl (C=O) groups is 1. The number of aromatic nitrogens is 2. The van der Waals surface area contributed by atoms with Crippen molar-refractivity contribution in [3.8, 4) is 0 Å². The topological polar surface area (TPSA) is 101 Å². The number of amides is 1. The van der Waals surface area contributed by atoms with Crippen LogP contribution in [0.25, 0.3) is 10.9 Å². The number of sulfonamides is 1. The van der Waals surface area contributed by atoms with Crippen LogP contribution >= 0.6 is 0 Å². The standard InChI is InChI=1S/C20H22N4O4S/c1-14(2)23(3)29(27,28)16-10-8-15(9-11-16)22-19(25)12-24-13-21-18-7-5-4-6-17(18)20(24)26/h4-11,13-14H,12H2,1-3H3,(H,22,25). The SMILES string of the molecule is CC(C)N(C)S(=O)(=O)c1ccc(NC(=O)Cn2cnc3ccccc3c2=O)cc1. The van der Waals surface area contributed by atoms with E-state index >= 15 is 0 Å². The van der Waals surface area contributed by atoms with E-state index in [1.807, 2.05) is 0 Å². The Hall–Kier alpha value is -3.04. The van der Waals surface area contributed by atoms with Gasteiger partial charge in [-0.25, -0.2) is 13.4 Å². The van der Waals surface area contributed by atoms with E-state index in [2.05, 4.69) is 10.3 Å². The predicted octanol–water partition coefficient (Wildman–Crippen LogP) is 2.06. The van der Waals surface area contributed by atoms with Crippen LogP contribution in [0.5, 0.6) is 0 Å². The van der Waals surface area contributed by atoms with Crippen LogP contribution < -0.4 is 10.9 Å². The summed E-state index contributed by atoms with van der Waals surface area (Å²) in [6.07, 6.45) is 1.33. The first-order valence-corrected chi connectivity index (χ1v) is 10.5. The summed E-state index contributed by atoms with van der Waals surface area (Å²) in [6, 6.07) is 12.6. The molecule has 0 radical (unpaired) electrons. The zero-order chi connectivity index (χ0) is 21.2. The minimum atomic E-state index is -3.59. The Kier molecular flexibility index (Phi) is 5.81. The summed E-state index contributed by atoms with van der Waals surface area (Å²) in [7, 11) is -2.07. The third-order valence-corrected chi connectivity index (χ3v) is 6.64. The number of rotatable bonds is 6. The molecule has 29 heavy (non-hydrogen) atoms. The van der Waals surface area contributed by atoms with Crippen LogP contribution in [0.2, 0.25) is 0 Å². The highest BCUT2D eigenvalue weighted by molar-refractivity contribution is 7.89. The Morgan fingerprint density at radius 2 is 1.79 bits per heavy atom. The van der Waals surface area contributed by atoms with E-state index in [4.69, 9.17) is 0 Å². The zero-order valence-electron chi connectivity index (χ0n) is 16.4. The second-order valence-corrected chi connectivity index (χ2v) is 8.88. The van der Waals surface area contributed by atoms with E-state index < -0.39 is 15.9 Å². The van der Waals surface area contributed by atoms with Crippen molar-refractivity contribution in [3.63, 3.8) is 0 Å². The third-order valence-electron chi connectivity index (χ3n) is 4.59. The van der Waals surface area contributed by atoms with Gasteiger partial charge in [-0.2, -0.15) is 4.31 Å². The number of anilines is 1. The molecule has 1 N–H and O–H groups in total. The normalized spacial score (nSPS) is 11.9. The van der Waals surface area contributed by atoms with Crippen molar-refractivity contribution in [3.05, 3.63) is 65.2 Å². The first-order valence-electron chi connectivity index (χ1n) is 9.02. The molecule has 3 rings (SSSR count). The number of carbonyl (C=O) groups excluding carboxylic acids is 1. The summed E-state index contributed by atoms with van der Waals surface area (Å²) < 4.78 is 27.5. The van der Waals surface area contributed by atoms with Gasteiger partial charge in [-0.3, -0.25) is 14.2 Å². The molecule has 1 aromatic heterocycles. The highest BCUT2D eigenvalue weighted by Gasteiger charge is 2.22. The Balaban J connectivity index is 1.73. The second kappa shape index (κ2) is 8.14. The lowest BCUT2D eigenvalue weighted by atomic mass is 10.2. The van der Waals surface area contributed by atoms with E-state index in [-0.39, 0.29) is 23.0 Å². The average molecular weight is 414 g/mol. The lowest BCUT2D eigenvalue weighted by molar-refractivity contribution is -0.116. The molecule has 152 valence electrons. The molecule has 3 aromatic rings. The van der Waals surface area contributed by atoms with Gasteiger partial charge in [0.2, 0.25) is 15.9 Å². The molecule has 0 saturated heterocycles.